The van der Waals surface area contributed by atoms with Gasteiger partial charge >= 0.3 is 0 Å². The van der Waals surface area contributed by atoms with Gasteiger partial charge in [0, 0.05) is 25.6 Å². The first-order valence-corrected chi connectivity index (χ1v) is 8.20. The van der Waals surface area contributed by atoms with Gasteiger partial charge in [0.2, 0.25) is 5.91 Å². The summed E-state index contributed by atoms with van der Waals surface area (Å²) in [6.07, 6.45) is -0.862. The Balaban J connectivity index is 0.00000163. The second-order valence-corrected chi connectivity index (χ2v) is 6.79. The van der Waals surface area contributed by atoms with E-state index >= 15 is 0 Å². The van der Waals surface area contributed by atoms with Crippen molar-refractivity contribution in [2.24, 2.45) is 0 Å². The third-order valence-corrected chi connectivity index (χ3v) is 3.88. The molecule has 1 aliphatic heterocycles. The average molecular weight is 369 g/mol. The molecule has 2 atom stereocenters. The molecule has 0 aromatic heterocycles. The monoisotopic (exact) mass is 369 g/mol. The van der Waals surface area contributed by atoms with Crippen molar-refractivity contribution in [2.75, 3.05) is 12.4 Å². The highest BCUT2D eigenvalue weighted by atomic mass is 16.6. The highest BCUT2D eigenvalue weighted by molar-refractivity contribution is 5.91. The number of ether oxygens (including phenoxy) is 1. The summed E-state index contributed by atoms with van der Waals surface area (Å²) in [5.41, 5.74) is -0.509. The van der Waals surface area contributed by atoms with Crippen LogP contribution in [0.4, 0.5) is 11.4 Å². The molecule has 0 radical (unpaired) electrons. The van der Waals surface area contributed by atoms with Gasteiger partial charge in [0.15, 0.2) is 0 Å². The number of fused-ring (bicyclic) bond motifs is 1. The Kier molecular flexibility index (Phi) is 7.08. The maximum absolute atomic E-state index is 11.4. The van der Waals surface area contributed by atoms with Gasteiger partial charge in [-0.3, -0.25) is 14.9 Å². The summed E-state index contributed by atoms with van der Waals surface area (Å²) in [5.74, 6) is -0.0896. The second-order valence-electron chi connectivity index (χ2n) is 6.79. The van der Waals surface area contributed by atoms with E-state index < -0.39 is 28.6 Å². The first-order chi connectivity index (χ1) is 12.0. The summed E-state index contributed by atoms with van der Waals surface area (Å²) in [6, 6.07) is 2.39. The minimum atomic E-state index is -0.914. The number of hydrogen-bond donors (Lipinski definition) is 4. The largest absolute Gasteiger partial charge is 0.484 e. The van der Waals surface area contributed by atoms with Crippen LogP contribution >= 0.6 is 0 Å². The number of aliphatic hydroxyl groups excluding tert-OH is 2. The Morgan fingerprint density at radius 3 is 2.38 bits per heavy atom. The lowest BCUT2D eigenvalue weighted by Gasteiger charge is -2.43. The van der Waals surface area contributed by atoms with E-state index in [-0.39, 0.29) is 17.4 Å². The average Bonchev–Trinajstić information content (AvgIpc) is 2.52. The summed E-state index contributed by atoms with van der Waals surface area (Å²) in [6.45, 7) is 8.61. The zero-order valence-corrected chi connectivity index (χ0v) is 15.9. The number of aliphatic hydroxyl groups is 2. The maximum atomic E-state index is 11.4. The topological polar surface area (TPSA) is 134 Å². The molecule has 1 aliphatic rings. The van der Waals surface area contributed by atoms with E-state index in [9.17, 15) is 20.0 Å². The van der Waals surface area contributed by atoms with Gasteiger partial charge in [-0.2, -0.15) is 0 Å². The van der Waals surface area contributed by atoms with Crippen LogP contribution in [0, 0.1) is 10.1 Å². The fourth-order valence-electron chi connectivity index (χ4n) is 2.81. The predicted molar refractivity (Wildman–Crippen MR) is 97.3 cm³/mol. The van der Waals surface area contributed by atoms with Crippen molar-refractivity contribution in [3.8, 4) is 5.75 Å². The molecule has 146 valence electrons. The van der Waals surface area contributed by atoms with Crippen molar-refractivity contribution in [1.29, 1.82) is 0 Å². The standard InChI is InChI=1S/C16H23N3O5.CH4O/c1-8(2)17-14-10-6-11(18-9(3)20)12(19(22)23)7-13(10)24-16(4,5)15(14)21;1-2/h6-8,14-15,17,21H,1-5H3,(H,18,20);2H,1H3. The SMILES string of the molecule is CC(=O)Nc1cc2c(cc1[N+](=O)[O-])OC(C)(C)C(O)C2NC(C)C.CO. The fraction of sp³-hybridized carbons (Fsp3) is 0.588. The number of nitrogens with one attached hydrogen (secondary N) is 2. The van der Waals surface area contributed by atoms with E-state index in [2.05, 4.69) is 10.6 Å². The van der Waals surface area contributed by atoms with Crippen molar-refractivity contribution in [2.45, 2.75) is 58.4 Å². The van der Waals surface area contributed by atoms with Crippen LogP contribution in [0.3, 0.4) is 0 Å². The minimum absolute atomic E-state index is 0.0748. The Labute approximate surface area is 152 Å². The molecule has 0 aliphatic carbocycles. The van der Waals surface area contributed by atoms with Crippen LogP contribution in [0.2, 0.25) is 0 Å². The molecule has 1 aromatic rings. The lowest BCUT2D eigenvalue weighted by molar-refractivity contribution is -0.384. The fourth-order valence-corrected chi connectivity index (χ4v) is 2.81. The number of benzene rings is 1. The number of nitrogens with zero attached hydrogens (tertiary/aromatic N) is 1. The third-order valence-electron chi connectivity index (χ3n) is 3.88. The smallest absolute Gasteiger partial charge is 0.296 e. The Morgan fingerprint density at radius 2 is 1.92 bits per heavy atom. The lowest BCUT2D eigenvalue weighted by atomic mass is 9.85. The number of nitro benzene ring substituents is 1. The first-order valence-electron chi connectivity index (χ1n) is 8.20. The van der Waals surface area contributed by atoms with E-state index in [0.29, 0.717) is 11.3 Å². The van der Waals surface area contributed by atoms with Crippen LogP contribution in [0.5, 0.6) is 5.75 Å². The van der Waals surface area contributed by atoms with Crippen LogP contribution in [-0.2, 0) is 4.79 Å². The van der Waals surface area contributed by atoms with Crippen LogP contribution in [0.15, 0.2) is 12.1 Å². The van der Waals surface area contributed by atoms with E-state index in [0.717, 1.165) is 7.11 Å². The van der Waals surface area contributed by atoms with Crippen LogP contribution in [-0.4, -0.2) is 45.9 Å². The summed E-state index contributed by atoms with van der Waals surface area (Å²) in [5, 5.41) is 34.7. The van der Waals surface area contributed by atoms with Gasteiger partial charge in [-0.05, 0) is 19.9 Å². The lowest BCUT2D eigenvalue weighted by Crippen LogP contribution is -2.53. The van der Waals surface area contributed by atoms with E-state index in [1.54, 1.807) is 13.8 Å². The molecule has 2 unspecified atom stereocenters. The molecule has 9 heteroatoms. The quantitative estimate of drug-likeness (QED) is 0.469. The van der Waals surface area contributed by atoms with Crippen molar-refractivity contribution < 1.29 is 24.7 Å². The Bertz CT molecular complexity index is 675. The van der Waals surface area contributed by atoms with Crippen LogP contribution < -0.4 is 15.4 Å². The number of amides is 1. The van der Waals surface area contributed by atoms with Crippen molar-refractivity contribution in [1.82, 2.24) is 5.32 Å². The van der Waals surface area contributed by atoms with Crippen molar-refractivity contribution in [3.63, 3.8) is 0 Å². The van der Waals surface area contributed by atoms with Gasteiger partial charge in [-0.15, -0.1) is 0 Å². The zero-order chi connectivity index (χ0) is 20.2. The minimum Gasteiger partial charge on any atom is -0.484 e. The summed E-state index contributed by atoms with van der Waals surface area (Å²) in [4.78, 5) is 22.1. The van der Waals surface area contributed by atoms with Gasteiger partial charge in [0.1, 0.15) is 23.1 Å². The molecule has 1 aromatic carbocycles. The molecular formula is C17H27N3O6. The maximum Gasteiger partial charge on any atom is 0.296 e. The van der Waals surface area contributed by atoms with E-state index in [1.165, 1.54) is 19.1 Å². The number of carbonyl (C=O) groups is 1. The Hall–Kier alpha value is -2.23. The molecule has 0 bridgehead atoms. The van der Waals surface area contributed by atoms with Crippen molar-refractivity contribution in [3.05, 3.63) is 27.8 Å². The number of anilines is 1. The van der Waals surface area contributed by atoms with E-state index in [4.69, 9.17) is 9.84 Å². The van der Waals surface area contributed by atoms with Crippen LogP contribution in [0.1, 0.15) is 46.2 Å². The molecule has 0 spiro atoms. The second kappa shape index (κ2) is 8.43. The Morgan fingerprint density at radius 1 is 1.35 bits per heavy atom. The van der Waals surface area contributed by atoms with Gasteiger partial charge in [-0.25, -0.2) is 0 Å². The van der Waals surface area contributed by atoms with Gasteiger partial charge < -0.3 is 25.6 Å². The van der Waals surface area contributed by atoms with Gasteiger partial charge in [0.05, 0.1) is 17.0 Å². The predicted octanol–water partition coefficient (Wildman–Crippen LogP) is 1.73. The van der Waals surface area contributed by atoms with Crippen molar-refractivity contribution >= 4 is 17.3 Å². The molecule has 0 saturated heterocycles. The molecule has 26 heavy (non-hydrogen) atoms. The van der Waals surface area contributed by atoms with Gasteiger partial charge in [-0.1, -0.05) is 13.8 Å². The number of nitro groups is 1. The molecule has 4 N–H and O–H groups in total. The molecule has 1 amide bonds. The third kappa shape index (κ3) is 4.69. The molecule has 0 saturated carbocycles. The molecule has 0 fully saturated rings. The highest BCUT2D eigenvalue weighted by Crippen LogP contribution is 2.44. The zero-order valence-electron chi connectivity index (χ0n) is 15.9. The molecule has 1 heterocycles. The summed E-state index contributed by atoms with van der Waals surface area (Å²) < 4.78 is 5.79. The van der Waals surface area contributed by atoms with E-state index in [1.807, 2.05) is 13.8 Å². The molecule has 9 nitrogen and oxygen atoms in total. The number of rotatable bonds is 4. The number of carbonyl (C=O) groups excluding carboxylic acids is 1. The normalized spacial score (nSPS) is 20.3. The first kappa shape index (κ1) is 21.8. The molecular weight excluding hydrogens is 342 g/mol. The van der Waals surface area contributed by atoms with Crippen LogP contribution in [0.25, 0.3) is 0 Å². The summed E-state index contributed by atoms with van der Waals surface area (Å²) >= 11 is 0. The molecule has 2 rings (SSSR count). The summed E-state index contributed by atoms with van der Waals surface area (Å²) in [7, 11) is 1.00. The van der Waals surface area contributed by atoms with Gasteiger partial charge in [0.25, 0.3) is 5.69 Å². The highest BCUT2D eigenvalue weighted by Gasteiger charge is 2.44. The number of hydrogen-bond acceptors (Lipinski definition) is 7.